The Morgan fingerprint density at radius 3 is 2.53 bits per heavy atom. The minimum Gasteiger partial charge on any atom is -0.481 e. The van der Waals surface area contributed by atoms with Gasteiger partial charge in [-0.2, -0.15) is 0 Å². The molecule has 0 amide bonds. The van der Waals surface area contributed by atoms with Gasteiger partial charge in [0.2, 0.25) is 5.95 Å². The zero-order valence-electron chi connectivity index (χ0n) is 9.34. The van der Waals surface area contributed by atoms with E-state index in [2.05, 4.69) is 30.8 Å². The summed E-state index contributed by atoms with van der Waals surface area (Å²) in [6.07, 6.45) is 5.52. The number of carboxylic acids is 1. The largest absolute Gasteiger partial charge is 0.481 e. The van der Waals surface area contributed by atoms with E-state index in [9.17, 15) is 4.79 Å². The number of aliphatic carboxylic acids is 1. The Morgan fingerprint density at radius 1 is 1.41 bits per heavy atom. The summed E-state index contributed by atoms with van der Waals surface area (Å²) in [6.45, 7) is 1.67. The molecule has 2 heterocycles. The van der Waals surface area contributed by atoms with Crippen LogP contribution in [0.25, 0.3) is 0 Å². The lowest BCUT2D eigenvalue weighted by Gasteiger charge is -2.31. The van der Waals surface area contributed by atoms with Gasteiger partial charge in [-0.15, -0.1) is 0 Å². The molecule has 0 saturated carbocycles. The van der Waals surface area contributed by atoms with Gasteiger partial charge < -0.3 is 10.0 Å². The minimum absolute atomic E-state index is 0.273. The van der Waals surface area contributed by atoms with Crippen LogP contribution in [0.3, 0.4) is 0 Å². The number of piperidine rings is 1. The predicted octanol–water partition coefficient (Wildman–Crippen LogP) is 1.93. The fourth-order valence-corrected chi connectivity index (χ4v) is 2.26. The quantitative estimate of drug-likeness (QED) is 0.924. The van der Waals surface area contributed by atoms with E-state index >= 15 is 0 Å². The van der Waals surface area contributed by atoms with Crippen LogP contribution in [-0.4, -0.2) is 34.1 Å². The highest BCUT2D eigenvalue weighted by Gasteiger charge is 2.22. The fourth-order valence-electron chi connectivity index (χ4n) is 2.05. The van der Waals surface area contributed by atoms with Gasteiger partial charge in [0.05, 0.1) is 4.47 Å². The van der Waals surface area contributed by atoms with E-state index in [1.165, 1.54) is 0 Å². The smallest absolute Gasteiger partial charge is 0.303 e. The molecule has 5 nitrogen and oxygen atoms in total. The number of aromatic nitrogens is 2. The van der Waals surface area contributed by atoms with Gasteiger partial charge in [-0.3, -0.25) is 4.79 Å². The summed E-state index contributed by atoms with van der Waals surface area (Å²) in [5, 5.41) is 8.74. The molecular weight excluding hydrogens is 286 g/mol. The van der Waals surface area contributed by atoms with Crippen LogP contribution in [0.15, 0.2) is 16.9 Å². The molecule has 0 radical (unpaired) electrons. The predicted molar refractivity (Wildman–Crippen MR) is 66.9 cm³/mol. The topological polar surface area (TPSA) is 66.3 Å². The van der Waals surface area contributed by atoms with Crippen LogP contribution in [0.5, 0.6) is 0 Å². The summed E-state index contributed by atoms with van der Waals surface area (Å²) in [7, 11) is 0. The molecule has 92 valence electrons. The van der Waals surface area contributed by atoms with Gasteiger partial charge in [-0.25, -0.2) is 9.97 Å². The first-order valence-corrected chi connectivity index (χ1v) is 6.39. The second-order valence-corrected chi connectivity index (χ2v) is 5.15. The molecule has 0 aromatic carbocycles. The summed E-state index contributed by atoms with van der Waals surface area (Å²) in [5.74, 6) is 0.310. The van der Waals surface area contributed by atoms with Crippen molar-refractivity contribution in [1.29, 1.82) is 0 Å². The zero-order chi connectivity index (χ0) is 12.3. The Labute approximate surface area is 108 Å². The highest BCUT2D eigenvalue weighted by molar-refractivity contribution is 9.10. The maximum absolute atomic E-state index is 10.6. The summed E-state index contributed by atoms with van der Waals surface area (Å²) in [4.78, 5) is 21.2. The maximum Gasteiger partial charge on any atom is 0.303 e. The number of hydrogen-bond acceptors (Lipinski definition) is 4. The molecule has 0 aliphatic carbocycles. The van der Waals surface area contributed by atoms with Crippen molar-refractivity contribution >= 4 is 27.8 Å². The van der Waals surface area contributed by atoms with E-state index < -0.39 is 5.97 Å². The summed E-state index contributed by atoms with van der Waals surface area (Å²) in [5.41, 5.74) is 0. The van der Waals surface area contributed by atoms with Gasteiger partial charge in [0, 0.05) is 31.9 Å². The number of anilines is 1. The lowest BCUT2D eigenvalue weighted by molar-refractivity contribution is -0.138. The van der Waals surface area contributed by atoms with Crippen LogP contribution in [0, 0.1) is 5.92 Å². The molecule has 1 fully saturated rings. The number of halogens is 1. The average Bonchev–Trinajstić information content (AvgIpc) is 2.30. The van der Waals surface area contributed by atoms with Gasteiger partial charge >= 0.3 is 5.97 Å². The first-order valence-electron chi connectivity index (χ1n) is 5.59. The highest BCUT2D eigenvalue weighted by atomic mass is 79.9. The lowest BCUT2D eigenvalue weighted by Crippen LogP contribution is -2.35. The molecule has 1 aromatic rings. The monoisotopic (exact) mass is 299 g/mol. The molecule has 17 heavy (non-hydrogen) atoms. The Morgan fingerprint density at radius 2 is 2.00 bits per heavy atom. The van der Waals surface area contributed by atoms with Gasteiger partial charge in [0.15, 0.2) is 0 Å². The number of nitrogens with zero attached hydrogens (tertiary/aromatic N) is 3. The normalized spacial score (nSPS) is 17.1. The second kappa shape index (κ2) is 5.44. The van der Waals surface area contributed by atoms with E-state index in [1.807, 2.05) is 0 Å². The summed E-state index contributed by atoms with van der Waals surface area (Å²) < 4.78 is 0.863. The van der Waals surface area contributed by atoms with Crippen molar-refractivity contribution in [3.8, 4) is 0 Å². The van der Waals surface area contributed by atoms with E-state index in [4.69, 9.17) is 5.11 Å². The summed E-state index contributed by atoms with van der Waals surface area (Å²) >= 11 is 3.30. The summed E-state index contributed by atoms with van der Waals surface area (Å²) in [6, 6.07) is 0. The first kappa shape index (κ1) is 12.3. The molecule has 1 aliphatic rings. The highest BCUT2D eigenvalue weighted by Crippen LogP contribution is 2.23. The number of hydrogen-bond donors (Lipinski definition) is 1. The van der Waals surface area contributed by atoms with Crippen molar-refractivity contribution in [2.45, 2.75) is 19.3 Å². The van der Waals surface area contributed by atoms with Crippen LogP contribution in [-0.2, 0) is 4.79 Å². The fraction of sp³-hybridized carbons (Fsp3) is 0.545. The van der Waals surface area contributed by atoms with Crippen molar-refractivity contribution in [3.63, 3.8) is 0 Å². The van der Waals surface area contributed by atoms with E-state index in [-0.39, 0.29) is 6.42 Å². The minimum atomic E-state index is -0.705. The standard InChI is InChI=1S/C11H14BrN3O2/c12-9-6-13-11(14-7-9)15-3-1-8(2-4-15)5-10(16)17/h6-8H,1-5H2,(H,16,17). The van der Waals surface area contributed by atoms with Crippen LogP contribution >= 0.6 is 15.9 Å². The van der Waals surface area contributed by atoms with Gasteiger partial charge in [0.1, 0.15) is 0 Å². The van der Waals surface area contributed by atoms with Crippen molar-refractivity contribution in [2.24, 2.45) is 5.92 Å². The zero-order valence-corrected chi connectivity index (χ0v) is 10.9. The number of carboxylic acid groups (broad SMARTS) is 1. The Hall–Kier alpha value is -1.17. The van der Waals surface area contributed by atoms with Crippen LogP contribution in [0.1, 0.15) is 19.3 Å². The number of rotatable bonds is 3. The van der Waals surface area contributed by atoms with E-state index in [0.29, 0.717) is 5.92 Å². The number of carbonyl (C=O) groups is 1. The van der Waals surface area contributed by atoms with Gasteiger partial charge in [-0.05, 0) is 34.7 Å². The molecular formula is C11H14BrN3O2. The Kier molecular flexibility index (Phi) is 3.93. The maximum atomic E-state index is 10.6. The van der Waals surface area contributed by atoms with Crippen molar-refractivity contribution in [3.05, 3.63) is 16.9 Å². The molecule has 1 N–H and O–H groups in total. The van der Waals surface area contributed by atoms with E-state index in [1.54, 1.807) is 12.4 Å². The molecule has 0 spiro atoms. The average molecular weight is 300 g/mol. The van der Waals surface area contributed by atoms with Crippen molar-refractivity contribution in [2.75, 3.05) is 18.0 Å². The molecule has 0 unspecified atom stereocenters. The van der Waals surface area contributed by atoms with Crippen LogP contribution < -0.4 is 4.90 Å². The third kappa shape index (κ3) is 3.39. The Balaban J connectivity index is 1.90. The molecule has 1 saturated heterocycles. The van der Waals surface area contributed by atoms with Crippen LogP contribution in [0.4, 0.5) is 5.95 Å². The van der Waals surface area contributed by atoms with Gasteiger partial charge in [0.25, 0.3) is 0 Å². The first-order chi connectivity index (χ1) is 8.15. The van der Waals surface area contributed by atoms with Gasteiger partial charge in [-0.1, -0.05) is 0 Å². The molecule has 1 aromatic heterocycles. The van der Waals surface area contributed by atoms with Crippen LogP contribution in [0.2, 0.25) is 0 Å². The molecule has 6 heteroatoms. The van der Waals surface area contributed by atoms with Crippen molar-refractivity contribution in [1.82, 2.24) is 9.97 Å². The Bertz CT molecular complexity index is 388. The third-order valence-corrected chi connectivity index (χ3v) is 3.38. The second-order valence-electron chi connectivity index (χ2n) is 4.23. The SMILES string of the molecule is O=C(O)CC1CCN(c2ncc(Br)cn2)CC1. The van der Waals surface area contributed by atoms with E-state index in [0.717, 1.165) is 36.4 Å². The molecule has 0 bridgehead atoms. The lowest BCUT2D eigenvalue weighted by atomic mass is 9.94. The molecule has 2 rings (SSSR count). The molecule has 1 aliphatic heterocycles. The molecule has 0 atom stereocenters. The van der Waals surface area contributed by atoms with Crippen molar-refractivity contribution < 1.29 is 9.90 Å². The third-order valence-electron chi connectivity index (χ3n) is 2.97.